The molecule has 0 spiro atoms. The number of nitrogens with zero attached hydrogens (tertiary/aromatic N) is 1. The first-order valence-electron chi connectivity index (χ1n) is 6.49. The van der Waals surface area contributed by atoms with Crippen molar-refractivity contribution in [3.8, 4) is 5.75 Å². The quantitative estimate of drug-likeness (QED) is 0.376. The molecule has 1 aromatic carbocycles. The Bertz CT molecular complexity index is 561. The highest BCUT2D eigenvalue weighted by Crippen LogP contribution is 2.23. The van der Waals surface area contributed by atoms with Gasteiger partial charge in [-0.1, -0.05) is 0 Å². The van der Waals surface area contributed by atoms with E-state index in [1.54, 1.807) is 0 Å². The number of nitrogens with one attached hydrogen (secondary N) is 2. The Morgan fingerprint density at radius 2 is 2.09 bits per heavy atom. The second-order valence-electron chi connectivity index (χ2n) is 4.36. The first-order valence-corrected chi connectivity index (χ1v) is 6.49. The third kappa shape index (κ3) is 5.65. The van der Waals surface area contributed by atoms with Crippen LogP contribution in [0.25, 0.3) is 0 Å². The number of hydrogen-bond donors (Lipinski definition) is 3. The zero-order valence-electron chi connectivity index (χ0n) is 12.0. The molecule has 3 N–H and O–H groups in total. The predicted octanol–water partition coefficient (Wildman–Crippen LogP) is 1.27. The number of ether oxygens (including phenoxy) is 1. The highest BCUT2D eigenvalue weighted by molar-refractivity contribution is 5.74. The molecule has 0 saturated carbocycles. The van der Waals surface area contributed by atoms with Crippen LogP contribution in [0.1, 0.15) is 18.4 Å². The lowest BCUT2D eigenvalue weighted by Crippen LogP contribution is -2.35. The molecule has 0 heterocycles. The lowest BCUT2D eigenvalue weighted by Gasteiger charge is -2.10. The number of aliphatic carboxylic acids is 1. The molecule has 0 aliphatic heterocycles. The van der Waals surface area contributed by atoms with Gasteiger partial charge in [-0.05, 0) is 12.5 Å². The maximum Gasteiger partial charge on any atom is 0.315 e. The lowest BCUT2D eigenvalue weighted by molar-refractivity contribution is -0.384. The zero-order valence-corrected chi connectivity index (χ0v) is 12.0. The average molecular weight is 311 g/mol. The number of methoxy groups -OCH3 is 1. The van der Waals surface area contributed by atoms with Crippen LogP contribution >= 0.6 is 0 Å². The van der Waals surface area contributed by atoms with Gasteiger partial charge in [-0.25, -0.2) is 4.79 Å². The van der Waals surface area contributed by atoms with E-state index >= 15 is 0 Å². The topological polar surface area (TPSA) is 131 Å². The summed E-state index contributed by atoms with van der Waals surface area (Å²) in [5, 5.41) is 24.2. The number of benzene rings is 1. The number of carbonyl (C=O) groups excluding carboxylic acids is 1. The summed E-state index contributed by atoms with van der Waals surface area (Å²) < 4.78 is 5.08. The molecule has 1 aromatic rings. The van der Waals surface area contributed by atoms with Gasteiger partial charge in [-0.2, -0.15) is 0 Å². The molecule has 1 rings (SSSR count). The highest BCUT2D eigenvalue weighted by atomic mass is 16.6. The van der Waals surface area contributed by atoms with E-state index in [4.69, 9.17) is 9.84 Å². The molecule has 22 heavy (non-hydrogen) atoms. The predicted molar refractivity (Wildman–Crippen MR) is 76.8 cm³/mol. The number of carbonyl (C=O) groups is 2. The van der Waals surface area contributed by atoms with Gasteiger partial charge in [0.1, 0.15) is 5.75 Å². The van der Waals surface area contributed by atoms with E-state index in [9.17, 15) is 19.7 Å². The van der Waals surface area contributed by atoms with E-state index in [1.165, 1.54) is 25.3 Å². The van der Waals surface area contributed by atoms with E-state index < -0.39 is 16.9 Å². The Balaban J connectivity index is 2.52. The van der Waals surface area contributed by atoms with Crippen LogP contribution in [-0.2, 0) is 11.3 Å². The van der Waals surface area contributed by atoms with Crippen molar-refractivity contribution in [1.29, 1.82) is 0 Å². The molecule has 0 atom stereocenters. The number of urea groups is 1. The molecule has 0 aliphatic carbocycles. The van der Waals surface area contributed by atoms with E-state index in [2.05, 4.69) is 10.6 Å². The largest absolute Gasteiger partial charge is 0.496 e. The van der Waals surface area contributed by atoms with Crippen molar-refractivity contribution >= 4 is 17.7 Å². The molecule has 0 bridgehead atoms. The van der Waals surface area contributed by atoms with Crippen LogP contribution in [-0.4, -0.2) is 35.7 Å². The molecule has 0 unspecified atom stereocenters. The Hall–Kier alpha value is -2.84. The molecule has 0 saturated heterocycles. The summed E-state index contributed by atoms with van der Waals surface area (Å²) in [5.74, 6) is -0.500. The molecule has 0 aliphatic rings. The number of non-ortho nitro benzene ring substituents is 1. The normalized spacial score (nSPS) is 9.86. The monoisotopic (exact) mass is 311 g/mol. The number of carboxylic acid groups (broad SMARTS) is 1. The van der Waals surface area contributed by atoms with Crippen LogP contribution in [0.3, 0.4) is 0 Å². The van der Waals surface area contributed by atoms with Gasteiger partial charge < -0.3 is 20.5 Å². The lowest BCUT2D eigenvalue weighted by atomic mass is 10.2. The summed E-state index contributed by atoms with van der Waals surface area (Å²) in [6.45, 7) is 0.278. The van der Waals surface area contributed by atoms with Gasteiger partial charge >= 0.3 is 12.0 Å². The Morgan fingerprint density at radius 3 is 2.68 bits per heavy atom. The number of nitro benzene ring substituents is 1. The summed E-state index contributed by atoms with van der Waals surface area (Å²) in [7, 11) is 1.43. The second kappa shape index (κ2) is 8.45. The highest BCUT2D eigenvalue weighted by Gasteiger charge is 2.12. The van der Waals surface area contributed by atoms with Crippen molar-refractivity contribution < 1.29 is 24.4 Å². The third-order valence-corrected chi connectivity index (χ3v) is 2.77. The fourth-order valence-corrected chi connectivity index (χ4v) is 1.70. The number of rotatable bonds is 8. The Morgan fingerprint density at radius 1 is 1.36 bits per heavy atom. The Labute approximate surface area is 126 Å². The minimum absolute atomic E-state index is 0.0288. The number of nitro groups is 1. The SMILES string of the molecule is COc1ccc([N+](=O)[O-])cc1CNC(=O)NCCCC(=O)O. The molecule has 9 heteroatoms. The standard InChI is InChI=1S/C13H17N3O6/c1-22-11-5-4-10(16(20)21)7-9(11)8-15-13(19)14-6-2-3-12(17)18/h4-5,7H,2-3,6,8H2,1H3,(H,17,18)(H2,14,15,19). The number of hydrogen-bond acceptors (Lipinski definition) is 5. The first-order chi connectivity index (χ1) is 10.4. The maximum atomic E-state index is 11.5. The fraction of sp³-hybridized carbons (Fsp3) is 0.385. The number of amides is 2. The second-order valence-corrected chi connectivity index (χ2v) is 4.36. The molecule has 2 amide bonds. The molecule has 0 fully saturated rings. The van der Waals surface area contributed by atoms with Gasteiger partial charge in [0.15, 0.2) is 0 Å². The van der Waals surface area contributed by atoms with Crippen LogP contribution in [0.5, 0.6) is 5.75 Å². The van der Waals surface area contributed by atoms with Crippen LogP contribution in [0, 0.1) is 10.1 Å². The van der Waals surface area contributed by atoms with Crippen molar-refractivity contribution in [2.45, 2.75) is 19.4 Å². The summed E-state index contributed by atoms with van der Waals surface area (Å²) >= 11 is 0. The van der Waals surface area contributed by atoms with Crippen LogP contribution in [0.15, 0.2) is 18.2 Å². The zero-order chi connectivity index (χ0) is 16.5. The molecule has 0 aromatic heterocycles. The van der Waals surface area contributed by atoms with E-state index in [0.717, 1.165) is 0 Å². The number of carboxylic acids is 1. The van der Waals surface area contributed by atoms with Gasteiger partial charge in [-0.15, -0.1) is 0 Å². The van der Waals surface area contributed by atoms with Crippen molar-refractivity contribution in [2.75, 3.05) is 13.7 Å². The smallest absolute Gasteiger partial charge is 0.315 e. The van der Waals surface area contributed by atoms with Crippen molar-refractivity contribution in [3.63, 3.8) is 0 Å². The Kier molecular flexibility index (Phi) is 6.61. The summed E-state index contributed by atoms with van der Waals surface area (Å²) in [6, 6.07) is 3.61. The molecular weight excluding hydrogens is 294 g/mol. The first kappa shape index (κ1) is 17.2. The molecule has 0 radical (unpaired) electrons. The summed E-state index contributed by atoms with van der Waals surface area (Å²) in [6.07, 6.45) is 0.294. The van der Waals surface area contributed by atoms with E-state index in [-0.39, 0.29) is 25.2 Å². The average Bonchev–Trinajstić information content (AvgIpc) is 2.48. The van der Waals surface area contributed by atoms with Crippen LogP contribution in [0.4, 0.5) is 10.5 Å². The van der Waals surface area contributed by atoms with Gasteiger partial charge in [0.05, 0.1) is 12.0 Å². The third-order valence-electron chi connectivity index (χ3n) is 2.77. The summed E-state index contributed by atoms with van der Waals surface area (Å²) in [5.41, 5.74) is 0.372. The van der Waals surface area contributed by atoms with Gasteiger partial charge in [-0.3, -0.25) is 14.9 Å². The fourth-order valence-electron chi connectivity index (χ4n) is 1.70. The van der Waals surface area contributed by atoms with Crippen molar-refractivity contribution in [3.05, 3.63) is 33.9 Å². The van der Waals surface area contributed by atoms with Gasteiger partial charge in [0.25, 0.3) is 5.69 Å². The van der Waals surface area contributed by atoms with Crippen LogP contribution in [0.2, 0.25) is 0 Å². The van der Waals surface area contributed by atoms with Crippen LogP contribution < -0.4 is 15.4 Å². The van der Waals surface area contributed by atoms with E-state index in [0.29, 0.717) is 17.7 Å². The van der Waals surface area contributed by atoms with Gasteiger partial charge in [0, 0.05) is 37.2 Å². The molecular formula is C13H17N3O6. The van der Waals surface area contributed by atoms with Crippen molar-refractivity contribution in [1.82, 2.24) is 10.6 Å². The molecule has 120 valence electrons. The van der Waals surface area contributed by atoms with E-state index in [1.807, 2.05) is 0 Å². The maximum absolute atomic E-state index is 11.5. The molecule has 9 nitrogen and oxygen atoms in total. The van der Waals surface area contributed by atoms with Crippen molar-refractivity contribution in [2.24, 2.45) is 0 Å². The minimum atomic E-state index is -0.927. The van der Waals surface area contributed by atoms with Gasteiger partial charge in [0.2, 0.25) is 0 Å². The summed E-state index contributed by atoms with van der Waals surface area (Å²) in [4.78, 5) is 32.1. The minimum Gasteiger partial charge on any atom is -0.496 e.